The number of hydrogen-bond donors (Lipinski definition) is 2. The van der Waals surface area contributed by atoms with Gasteiger partial charge >= 0.3 is 6.18 Å². The highest BCUT2D eigenvalue weighted by molar-refractivity contribution is 5.85. The normalized spacial score (nSPS) is 14.7. The predicted octanol–water partition coefficient (Wildman–Crippen LogP) is 2.84. The van der Waals surface area contributed by atoms with E-state index in [9.17, 15) is 18.0 Å². The molecule has 0 saturated heterocycles. The van der Waals surface area contributed by atoms with Crippen LogP contribution in [0.1, 0.15) is 37.8 Å². The van der Waals surface area contributed by atoms with Gasteiger partial charge in [-0.15, -0.1) is 0 Å². The monoisotopic (exact) mass is 288 g/mol. The predicted molar refractivity (Wildman–Crippen MR) is 70.8 cm³/mol. The van der Waals surface area contributed by atoms with E-state index in [0.717, 1.165) is 12.5 Å². The minimum atomic E-state index is -4.43. The van der Waals surface area contributed by atoms with Gasteiger partial charge in [0, 0.05) is 6.54 Å². The second kappa shape index (κ2) is 6.26. The summed E-state index contributed by atoms with van der Waals surface area (Å²) in [4.78, 5) is 11.9. The fraction of sp³-hybridized carbons (Fsp3) is 0.500. The number of benzene rings is 1. The summed E-state index contributed by atoms with van der Waals surface area (Å²) in [6.07, 6.45) is -3.24. The number of carbonyl (C=O) groups excluding carboxylic acids is 1. The Bertz CT molecular complexity index is 470. The van der Waals surface area contributed by atoms with Crippen LogP contribution in [0.5, 0.6) is 0 Å². The molecule has 20 heavy (non-hydrogen) atoms. The van der Waals surface area contributed by atoms with E-state index in [0.29, 0.717) is 6.42 Å². The van der Waals surface area contributed by atoms with E-state index in [1.54, 1.807) is 6.92 Å². The lowest BCUT2D eigenvalue weighted by Gasteiger charge is -2.23. The number of nitrogens with one attached hydrogen (secondary N) is 1. The summed E-state index contributed by atoms with van der Waals surface area (Å²) in [5, 5.41) is 2.47. The molecule has 1 unspecified atom stereocenters. The zero-order chi connectivity index (χ0) is 15.4. The van der Waals surface area contributed by atoms with Crippen molar-refractivity contribution in [3.8, 4) is 0 Å². The average molecular weight is 288 g/mol. The van der Waals surface area contributed by atoms with Gasteiger partial charge < -0.3 is 11.1 Å². The highest BCUT2D eigenvalue weighted by atomic mass is 19.4. The van der Waals surface area contributed by atoms with Gasteiger partial charge in [0.05, 0.1) is 11.1 Å². The van der Waals surface area contributed by atoms with Crippen LogP contribution in [0.3, 0.4) is 0 Å². The lowest BCUT2D eigenvalue weighted by molar-refractivity contribution is -0.138. The van der Waals surface area contributed by atoms with Gasteiger partial charge in [0.2, 0.25) is 5.91 Å². The molecule has 0 fully saturated rings. The Morgan fingerprint density at radius 3 is 2.45 bits per heavy atom. The molecule has 0 aliphatic carbocycles. The molecule has 0 spiro atoms. The molecule has 1 atom stereocenters. The van der Waals surface area contributed by atoms with Crippen LogP contribution in [0.25, 0.3) is 0 Å². The van der Waals surface area contributed by atoms with Crippen molar-refractivity contribution in [3.05, 3.63) is 35.4 Å². The third-order valence-corrected chi connectivity index (χ3v) is 3.05. The van der Waals surface area contributed by atoms with E-state index in [4.69, 9.17) is 5.73 Å². The molecule has 0 heterocycles. The van der Waals surface area contributed by atoms with Crippen LogP contribution in [0.2, 0.25) is 0 Å². The Hall–Kier alpha value is -1.56. The second-order valence-electron chi connectivity index (χ2n) is 5.01. The Morgan fingerprint density at radius 1 is 1.30 bits per heavy atom. The number of rotatable bonds is 5. The van der Waals surface area contributed by atoms with Crippen LogP contribution < -0.4 is 11.1 Å². The Morgan fingerprint density at radius 2 is 1.90 bits per heavy atom. The second-order valence-corrected chi connectivity index (χ2v) is 5.01. The fourth-order valence-electron chi connectivity index (χ4n) is 1.96. The zero-order valence-corrected chi connectivity index (χ0v) is 11.6. The molecule has 0 bridgehead atoms. The van der Waals surface area contributed by atoms with E-state index in [1.165, 1.54) is 18.2 Å². The largest absolute Gasteiger partial charge is 0.416 e. The summed E-state index contributed by atoms with van der Waals surface area (Å²) < 4.78 is 38.4. The van der Waals surface area contributed by atoms with Crippen molar-refractivity contribution in [2.24, 2.45) is 5.73 Å². The number of alkyl halides is 3. The molecule has 1 aromatic rings. The van der Waals surface area contributed by atoms with Gasteiger partial charge in [0.1, 0.15) is 0 Å². The number of nitrogens with two attached hydrogens (primary N) is 1. The van der Waals surface area contributed by atoms with Gasteiger partial charge in [-0.1, -0.05) is 31.5 Å². The molecule has 0 aliphatic heterocycles. The first-order valence-corrected chi connectivity index (χ1v) is 6.40. The molecular weight excluding hydrogens is 269 g/mol. The minimum Gasteiger partial charge on any atom is -0.350 e. The topological polar surface area (TPSA) is 55.1 Å². The Balaban J connectivity index is 2.79. The van der Waals surface area contributed by atoms with Gasteiger partial charge in [0.25, 0.3) is 0 Å². The van der Waals surface area contributed by atoms with E-state index in [2.05, 4.69) is 5.32 Å². The molecule has 1 rings (SSSR count). The van der Waals surface area contributed by atoms with Crippen molar-refractivity contribution in [2.45, 2.75) is 44.9 Å². The molecule has 0 radical (unpaired) electrons. The molecule has 0 aromatic heterocycles. The van der Waals surface area contributed by atoms with Gasteiger partial charge in [-0.25, -0.2) is 0 Å². The van der Waals surface area contributed by atoms with Crippen LogP contribution in [0, 0.1) is 0 Å². The molecule has 1 amide bonds. The highest BCUT2D eigenvalue weighted by Crippen LogP contribution is 2.31. The SMILES string of the molecule is CCCC(C)(N)C(=O)NCc1ccccc1C(F)(F)F. The summed E-state index contributed by atoms with van der Waals surface area (Å²) in [6.45, 7) is 3.27. The number of carbonyl (C=O) groups is 1. The van der Waals surface area contributed by atoms with Crippen molar-refractivity contribution < 1.29 is 18.0 Å². The lowest BCUT2D eigenvalue weighted by Crippen LogP contribution is -2.51. The molecule has 0 aliphatic rings. The quantitative estimate of drug-likeness (QED) is 0.875. The maximum Gasteiger partial charge on any atom is 0.416 e. The minimum absolute atomic E-state index is 0.0284. The third-order valence-electron chi connectivity index (χ3n) is 3.05. The van der Waals surface area contributed by atoms with E-state index in [1.807, 2.05) is 6.92 Å². The van der Waals surface area contributed by atoms with Gasteiger partial charge in [-0.3, -0.25) is 4.79 Å². The standard InChI is InChI=1S/C14H19F3N2O/c1-3-8-13(2,18)12(20)19-9-10-6-4-5-7-11(10)14(15,16)17/h4-7H,3,8-9,18H2,1-2H3,(H,19,20). The van der Waals surface area contributed by atoms with Crippen LogP contribution in [0.4, 0.5) is 13.2 Å². The van der Waals surface area contributed by atoms with Crippen LogP contribution in [-0.2, 0) is 17.5 Å². The fourth-order valence-corrected chi connectivity index (χ4v) is 1.96. The molecule has 0 saturated carbocycles. The third kappa shape index (κ3) is 4.23. The van der Waals surface area contributed by atoms with Gasteiger partial charge in [-0.2, -0.15) is 13.2 Å². The smallest absolute Gasteiger partial charge is 0.350 e. The number of halogens is 3. The van der Waals surface area contributed by atoms with Crippen LogP contribution in [-0.4, -0.2) is 11.4 Å². The van der Waals surface area contributed by atoms with Crippen LogP contribution >= 0.6 is 0 Å². The summed E-state index contributed by atoms with van der Waals surface area (Å²) in [5.74, 6) is -0.448. The maximum absolute atomic E-state index is 12.8. The molecule has 3 nitrogen and oxygen atoms in total. The van der Waals surface area contributed by atoms with Crippen molar-refractivity contribution in [3.63, 3.8) is 0 Å². The van der Waals surface area contributed by atoms with Crippen molar-refractivity contribution in [1.29, 1.82) is 0 Å². The summed E-state index contributed by atoms with van der Waals surface area (Å²) in [5.41, 5.74) is 4.04. The molecular formula is C14H19F3N2O. The first-order valence-electron chi connectivity index (χ1n) is 6.40. The average Bonchev–Trinajstić information content (AvgIpc) is 2.35. The Labute approximate surface area is 116 Å². The highest BCUT2D eigenvalue weighted by Gasteiger charge is 2.33. The summed E-state index contributed by atoms with van der Waals surface area (Å²) >= 11 is 0. The van der Waals surface area contributed by atoms with Gasteiger partial charge in [-0.05, 0) is 25.0 Å². The first kappa shape index (κ1) is 16.5. The molecule has 1 aromatic carbocycles. The van der Waals surface area contributed by atoms with Crippen molar-refractivity contribution in [1.82, 2.24) is 5.32 Å². The lowest BCUT2D eigenvalue weighted by atomic mass is 9.96. The molecule has 6 heteroatoms. The summed E-state index contributed by atoms with van der Waals surface area (Å²) in [7, 11) is 0. The van der Waals surface area contributed by atoms with E-state index >= 15 is 0 Å². The molecule has 112 valence electrons. The number of hydrogen-bond acceptors (Lipinski definition) is 2. The zero-order valence-electron chi connectivity index (χ0n) is 11.6. The maximum atomic E-state index is 12.8. The number of amides is 1. The van der Waals surface area contributed by atoms with Crippen molar-refractivity contribution >= 4 is 5.91 Å². The van der Waals surface area contributed by atoms with Gasteiger partial charge in [0.15, 0.2) is 0 Å². The van der Waals surface area contributed by atoms with Crippen LogP contribution in [0.15, 0.2) is 24.3 Å². The Kier molecular flexibility index (Phi) is 5.16. The van der Waals surface area contributed by atoms with Crippen molar-refractivity contribution in [2.75, 3.05) is 0 Å². The van der Waals surface area contributed by atoms with E-state index in [-0.39, 0.29) is 12.1 Å². The van der Waals surface area contributed by atoms with E-state index < -0.39 is 23.2 Å². The molecule has 3 N–H and O–H groups in total. The summed E-state index contributed by atoms with van der Waals surface area (Å²) in [6, 6.07) is 5.16. The first-order chi connectivity index (χ1) is 9.18.